The molecule has 0 saturated heterocycles. The van der Waals surface area contributed by atoms with Gasteiger partial charge in [-0.1, -0.05) is 38.5 Å². The average molecular weight is 208 g/mol. The van der Waals surface area contributed by atoms with E-state index in [-0.39, 0.29) is 0 Å². The predicted molar refractivity (Wildman–Crippen MR) is 59.3 cm³/mol. The molecule has 0 aliphatic heterocycles. The lowest BCUT2D eigenvalue weighted by molar-refractivity contribution is 0.400. The smallest absolute Gasteiger partial charge is 0.181 e. The fourth-order valence-electron chi connectivity index (χ4n) is 2.46. The zero-order valence-electron chi connectivity index (χ0n) is 9.24. The highest BCUT2D eigenvalue weighted by molar-refractivity contribution is 5.07. The zero-order chi connectivity index (χ0) is 10.5. The highest BCUT2D eigenvalue weighted by atomic mass is 16.3. The molecule has 84 valence electrons. The first-order valence-corrected chi connectivity index (χ1v) is 6.01. The van der Waals surface area contributed by atoms with Crippen molar-refractivity contribution < 1.29 is 4.42 Å². The number of aromatic nitrogens is 1. The van der Waals surface area contributed by atoms with Gasteiger partial charge in [0.15, 0.2) is 6.39 Å². The fraction of sp³-hybridized carbons (Fsp3) is 0.750. The van der Waals surface area contributed by atoms with Crippen molar-refractivity contribution in [2.24, 2.45) is 11.7 Å². The van der Waals surface area contributed by atoms with Gasteiger partial charge in [-0.25, -0.2) is 4.98 Å². The Morgan fingerprint density at radius 1 is 1.27 bits per heavy atom. The third-order valence-electron chi connectivity index (χ3n) is 3.37. The van der Waals surface area contributed by atoms with Gasteiger partial charge in [-0.2, -0.15) is 0 Å². The van der Waals surface area contributed by atoms with Crippen LogP contribution >= 0.6 is 0 Å². The van der Waals surface area contributed by atoms with Crippen molar-refractivity contribution in [1.29, 1.82) is 0 Å². The highest BCUT2D eigenvalue weighted by Crippen LogP contribution is 2.26. The summed E-state index contributed by atoms with van der Waals surface area (Å²) in [7, 11) is 0. The van der Waals surface area contributed by atoms with Crippen LogP contribution in [0.15, 0.2) is 10.8 Å². The number of rotatable bonds is 3. The molecule has 1 aromatic heterocycles. The van der Waals surface area contributed by atoms with Crippen molar-refractivity contribution in [3.63, 3.8) is 0 Å². The van der Waals surface area contributed by atoms with Gasteiger partial charge in [-0.3, -0.25) is 0 Å². The van der Waals surface area contributed by atoms with Crippen molar-refractivity contribution in [2.75, 3.05) is 0 Å². The van der Waals surface area contributed by atoms with Crippen molar-refractivity contribution in [2.45, 2.75) is 51.5 Å². The molecular formula is C12H20N2O. The molecule has 1 heterocycles. The molecule has 0 atom stereocenters. The van der Waals surface area contributed by atoms with Gasteiger partial charge in [0, 0.05) is 13.0 Å². The highest BCUT2D eigenvalue weighted by Gasteiger charge is 2.16. The lowest BCUT2D eigenvalue weighted by Gasteiger charge is -2.12. The molecule has 1 aliphatic carbocycles. The number of hydrogen-bond donors (Lipinski definition) is 1. The van der Waals surface area contributed by atoms with Gasteiger partial charge >= 0.3 is 0 Å². The van der Waals surface area contributed by atoms with E-state index in [4.69, 9.17) is 10.2 Å². The van der Waals surface area contributed by atoms with E-state index in [1.165, 1.54) is 44.9 Å². The van der Waals surface area contributed by atoms with Crippen LogP contribution in [0.3, 0.4) is 0 Å². The monoisotopic (exact) mass is 208 g/mol. The molecule has 0 bridgehead atoms. The van der Waals surface area contributed by atoms with Crippen LogP contribution < -0.4 is 5.73 Å². The van der Waals surface area contributed by atoms with Crippen molar-refractivity contribution in [3.8, 4) is 0 Å². The van der Waals surface area contributed by atoms with Gasteiger partial charge in [0.1, 0.15) is 5.76 Å². The second-order valence-electron chi connectivity index (χ2n) is 4.49. The number of nitrogens with zero attached hydrogens (tertiary/aromatic N) is 1. The Labute approximate surface area is 91.1 Å². The standard InChI is InChI=1S/C12H20N2O/c13-8-11-12(15-9-14-11)7-10-5-3-1-2-4-6-10/h9-10H,1-8,13H2. The van der Waals surface area contributed by atoms with Crippen LogP contribution in [0.1, 0.15) is 50.0 Å². The molecule has 0 radical (unpaired) electrons. The summed E-state index contributed by atoms with van der Waals surface area (Å²) in [5.41, 5.74) is 6.55. The predicted octanol–water partition coefficient (Wildman–Crippen LogP) is 2.65. The Kier molecular flexibility index (Phi) is 3.78. The van der Waals surface area contributed by atoms with Crippen molar-refractivity contribution in [1.82, 2.24) is 4.98 Å². The molecule has 0 aromatic carbocycles. The van der Waals surface area contributed by atoms with E-state index in [1.807, 2.05) is 0 Å². The average Bonchev–Trinajstić information content (AvgIpc) is 2.53. The third kappa shape index (κ3) is 2.81. The summed E-state index contributed by atoms with van der Waals surface area (Å²) in [6.07, 6.45) is 10.8. The fourth-order valence-corrected chi connectivity index (χ4v) is 2.46. The molecule has 1 saturated carbocycles. The normalized spacial score (nSPS) is 19.0. The minimum absolute atomic E-state index is 0.499. The first-order chi connectivity index (χ1) is 7.40. The topological polar surface area (TPSA) is 52.0 Å². The van der Waals surface area contributed by atoms with Crippen LogP contribution in [-0.4, -0.2) is 4.98 Å². The Hall–Kier alpha value is -0.830. The van der Waals surface area contributed by atoms with Gasteiger partial charge in [0.25, 0.3) is 0 Å². The SMILES string of the molecule is NCc1ncoc1CC1CCCCCC1. The summed E-state index contributed by atoms with van der Waals surface area (Å²) in [6, 6.07) is 0. The molecular weight excluding hydrogens is 188 g/mol. The van der Waals surface area contributed by atoms with Crippen LogP contribution in [0.5, 0.6) is 0 Å². The summed E-state index contributed by atoms with van der Waals surface area (Å²) < 4.78 is 5.41. The van der Waals surface area contributed by atoms with Crippen LogP contribution in [-0.2, 0) is 13.0 Å². The minimum Gasteiger partial charge on any atom is -0.448 e. The second-order valence-corrected chi connectivity index (χ2v) is 4.49. The summed E-state index contributed by atoms with van der Waals surface area (Å²) >= 11 is 0. The summed E-state index contributed by atoms with van der Waals surface area (Å²) in [4.78, 5) is 4.13. The molecule has 1 fully saturated rings. The largest absolute Gasteiger partial charge is 0.448 e. The molecule has 1 aromatic rings. The summed E-state index contributed by atoms with van der Waals surface area (Å²) in [6.45, 7) is 0.499. The van der Waals surface area contributed by atoms with Gasteiger partial charge < -0.3 is 10.2 Å². The maximum absolute atomic E-state index is 5.61. The number of hydrogen-bond acceptors (Lipinski definition) is 3. The lowest BCUT2D eigenvalue weighted by atomic mass is 9.95. The molecule has 0 spiro atoms. The Balaban J connectivity index is 1.94. The van der Waals surface area contributed by atoms with E-state index in [9.17, 15) is 0 Å². The molecule has 0 amide bonds. The third-order valence-corrected chi connectivity index (χ3v) is 3.37. The van der Waals surface area contributed by atoms with Crippen LogP contribution in [0.2, 0.25) is 0 Å². The molecule has 2 N–H and O–H groups in total. The Morgan fingerprint density at radius 2 is 2.00 bits per heavy atom. The zero-order valence-corrected chi connectivity index (χ0v) is 9.24. The molecule has 15 heavy (non-hydrogen) atoms. The van der Waals surface area contributed by atoms with E-state index in [2.05, 4.69) is 4.98 Å². The van der Waals surface area contributed by atoms with E-state index in [0.29, 0.717) is 6.54 Å². The molecule has 2 rings (SSSR count). The van der Waals surface area contributed by atoms with Gasteiger partial charge in [-0.15, -0.1) is 0 Å². The lowest BCUT2D eigenvalue weighted by Crippen LogP contribution is -2.07. The summed E-state index contributed by atoms with van der Waals surface area (Å²) in [5.74, 6) is 1.80. The maximum atomic E-state index is 5.61. The molecule has 1 aliphatic rings. The number of oxazole rings is 1. The van der Waals surface area contributed by atoms with E-state index in [0.717, 1.165) is 23.8 Å². The quantitative estimate of drug-likeness (QED) is 0.777. The first-order valence-electron chi connectivity index (χ1n) is 6.01. The second kappa shape index (κ2) is 5.31. The first kappa shape index (κ1) is 10.7. The van der Waals surface area contributed by atoms with Crippen LogP contribution in [0.4, 0.5) is 0 Å². The molecule has 0 unspecified atom stereocenters. The van der Waals surface area contributed by atoms with Crippen molar-refractivity contribution in [3.05, 3.63) is 17.8 Å². The van der Waals surface area contributed by atoms with Crippen LogP contribution in [0.25, 0.3) is 0 Å². The van der Waals surface area contributed by atoms with E-state index < -0.39 is 0 Å². The maximum Gasteiger partial charge on any atom is 0.181 e. The van der Waals surface area contributed by atoms with E-state index in [1.54, 1.807) is 0 Å². The minimum atomic E-state index is 0.499. The van der Waals surface area contributed by atoms with Crippen molar-refractivity contribution >= 4 is 0 Å². The van der Waals surface area contributed by atoms with Crippen LogP contribution in [0, 0.1) is 5.92 Å². The van der Waals surface area contributed by atoms with Gasteiger partial charge in [0.2, 0.25) is 0 Å². The van der Waals surface area contributed by atoms with Gasteiger partial charge in [0.05, 0.1) is 5.69 Å². The van der Waals surface area contributed by atoms with Gasteiger partial charge in [-0.05, 0) is 5.92 Å². The summed E-state index contributed by atoms with van der Waals surface area (Å²) in [5, 5.41) is 0. The van der Waals surface area contributed by atoms with E-state index >= 15 is 0 Å². The Morgan fingerprint density at radius 3 is 2.67 bits per heavy atom. The molecule has 3 heteroatoms. The Bertz CT molecular complexity index is 288. The molecule has 3 nitrogen and oxygen atoms in total. The number of nitrogens with two attached hydrogens (primary N) is 1.